The van der Waals surface area contributed by atoms with Gasteiger partial charge in [0.15, 0.2) is 0 Å². The van der Waals surface area contributed by atoms with Crippen LogP contribution in [0.2, 0.25) is 0 Å². The highest BCUT2D eigenvalue weighted by Crippen LogP contribution is 2.23. The predicted molar refractivity (Wildman–Crippen MR) is 77.5 cm³/mol. The van der Waals surface area contributed by atoms with E-state index < -0.39 is 12.0 Å². The Hall–Kier alpha value is -2.24. The first-order chi connectivity index (χ1) is 9.43. The van der Waals surface area contributed by atoms with Gasteiger partial charge in [-0.1, -0.05) is 13.8 Å². The van der Waals surface area contributed by atoms with Gasteiger partial charge < -0.3 is 15.5 Å². The molecule has 0 fully saturated rings. The summed E-state index contributed by atoms with van der Waals surface area (Å²) in [4.78, 5) is 26.9. The van der Waals surface area contributed by atoms with Gasteiger partial charge in [-0.3, -0.25) is 4.57 Å². The fourth-order valence-corrected chi connectivity index (χ4v) is 2.34. The molecule has 1 unspecified atom stereocenters. The average Bonchev–Trinajstić information content (AvgIpc) is 2.70. The van der Waals surface area contributed by atoms with Crippen LogP contribution >= 0.6 is 0 Å². The Bertz CT molecular complexity index is 685. The average molecular weight is 277 g/mol. The summed E-state index contributed by atoms with van der Waals surface area (Å²) in [5.74, 6) is -0.180. The van der Waals surface area contributed by atoms with E-state index in [1.165, 1.54) is 11.7 Å². The normalized spacial score (nSPS) is 12.8. The third kappa shape index (κ3) is 2.54. The number of carbonyl (C=O) groups is 1. The summed E-state index contributed by atoms with van der Waals surface area (Å²) in [6.45, 7) is 3.98. The molecule has 0 spiro atoms. The number of benzene rings is 1. The molecule has 0 aliphatic heterocycles. The summed E-state index contributed by atoms with van der Waals surface area (Å²) >= 11 is 0. The minimum Gasteiger partial charge on any atom is -0.467 e. The monoisotopic (exact) mass is 277 g/mol. The van der Waals surface area contributed by atoms with Crippen LogP contribution in [0.5, 0.6) is 0 Å². The second-order valence-corrected chi connectivity index (χ2v) is 5.25. The summed E-state index contributed by atoms with van der Waals surface area (Å²) < 4.78 is 6.26. The van der Waals surface area contributed by atoms with Crippen molar-refractivity contribution in [2.45, 2.75) is 26.3 Å². The van der Waals surface area contributed by atoms with Crippen LogP contribution in [0.25, 0.3) is 11.0 Å². The molecular weight excluding hydrogens is 258 g/mol. The molecule has 1 aromatic heterocycles. The number of nitrogens with one attached hydrogen (secondary N) is 1. The van der Waals surface area contributed by atoms with E-state index in [-0.39, 0.29) is 11.6 Å². The Morgan fingerprint density at radius 1 is 1.45 bits per heavy atom. The quantitative estimate of drug-likeness (QED) is 0.657. The molecule has 0 amide bonds. The van der Waals surface area contributed by atoms with E-state index in [4.69, 9.17) is 10.5 Å². The van der Waals surface area contributed by atoms with Gasteiger partial charge in [-0.25, -0.2) is 9.59 Å². The number of nitrogens with two attached hydrogens (primary N) is 1. The number of imidazole rings is 1. The van der Waals surface area contributed by atoms with Gasteiger partial charge in [-0.05, 0) is 30.5 Å². The molecule has 0 saturated carbocycles. The molecule has 2 rings (SSSR count). The molecule has 0 radical (unpaired) electrons. The van der Waals surface area contributed by atoms with E-state index in [0.717, 1.165) is 0 Å². The molecule has 20 heavy (non-hydrogen) atoms. The molecule has 6 heteroatoms. The lowest BCUT2D eigenvalue weighted by Gasteiger charge is -2.18. The third-order valence-corrected chi connectivity index (χ3v) is 3.22. The number of methoxy groups -OCH3 is 1. The van der Waals surface area contributed by atoms with Crippen LogP contribution < -0.4 is 11.4 Å². The van der Waals surface area contributed by atoms with Crippen molar-refractivity contribution < 1.29 is 9.53 Å². The van der Waals surface area contributed by atoms with Crippen molar-refractivity contribution in [3.8, 4) is 0 Å². The Kier molecular flexibility index (Phi) is 3.83. The van der Waals surface area contributed by atoms with Crippen LogP contribution in [0.4, 0.5) is 5.69 Å². The van der Waals surface area contributed by atoms with Crippen molar-refractivity contribution in [2.24, 2.45) is 5.92 Å². The fourth-order valence-electron chi connectivity index (χ4n) is 2.34. The molecule has 6 nitrogen and oxygen atoms in total. The van der Waals surface area contributed by atoms with Gasteiger partial charge in [0.05, 0.1) is 18.1 Å². The molecular formula is C14H19N3O3. The minimum atomic E-state index is -0.650. The Morgan fingerprint density at radius 3 is 2.75 bits per heavy atom. The van der Waals surface area contributed by atoms with Crippen molar-refractivity contribution in [1.82, 2.24) is 9.55 Å². The maximum atomic E-state index is 12.2. The third-order valence-electron chi connectivity index (χ3n) is 3.22. The minimum absolute atomic E-state index is 0.247. The molecule has 1 aromatic carbocycles. The van der Waals surface area contributed by atoms with Crippen molar-refractivity contribution in [1.29, 1.82) is 0 Å². The zero-order valence-electron chi connectivity index (χ0n) is 11.8. The van der Waals surface area contributed by atoms with E-state index in [9.17, 15) is 9.59 Å². The van der Waals surface area contributed by atoms with Crippen LogP contribution in [-0.4, -0.2) is 22.6 Å². The number of nitrogens with zero attached hydrogens (tertiary/aromatic N) is 1. The number of hydrogen-bond acceptors (Lipinski definition) is 4. The van der Waals surface area contributed by atoms with Crippen molar-refractivity contribution in [3.63, 3.8) is 0 Å². The van der Waals surface area contributed by atoms with Crippen LogP contribution in [0, 0.1) is 5.92 Å². The SMILES string of the molecule is COC(=O)C(CC(C)C)n1c(=O)[nH]c2ccc(N)cc21. The van der Waals surface area contributed by atoms with Gasteiger partial charge in [0, 0.05) is 5.69 Å². The number of carbonyl (C=O) groups excluding carboxylic acids is 1. The fraction of sp³-hybridized carbons (Fsp3) is 0.429. The van der Waals surface area contributed by atoms with Gasteiger partial charge in [0.2, 0.25) is 0 Å². The lowest BCUT2D eigenvalue weighted by Crippen LogP contribution is -2.30. The maximum absolute atomic E-state index is 12.2. The lowest BCUT2D eigenvalue weighted by atomic mass is 10.0. The topological polar surface area (TPSA) is 90.1 Å². The first kappa shape index (κ1) is 14.2. The summed E-state index contributed by atoms with van der Waals surface area (Å²) in [7, 11) is 1.32. The molecule has 108 valence electrons. The van der Waals surface area contributed by atoms with Gasteiger partial charge in [-0.2, -0.15) is 0 Å². The Morgan fingerprint density at radius 2 is 2.15 bits per heavy atom. The molecule has 3 N–H and O–H groups in total. The van der Waals surface area contributed by atoms with E-state index in [2.05, 4.69) is 4.98 Å². The lowest BCUT2D eigenvalue weighted by molar-refractivity contribution is -0.145. The summed E-state index contributed by atoms with van der Waals surface area (Å²) in [5, 5.41) is 0. The Balaban J connectivity index is 2.63. The number of anilines is 1. The summed E-state index contributed by atoms with van der Waals surface area (Å²) in [6, 6.07) is 4.47. The number of H-pyrrole nitrogens is 1. The van der Waals surface area contributed by atoms with Crippen LogP contribution in [0.3, 0.4) is 0 Å². The number of aromatic amines is 1. The number of rotatable bonds is 4. The zero-order valence-corrected chi connectivity index (χ0v) is 11.8. The zero-order chi connectivity index (χ0) is 14.9. The van der Waals surface area contributed by atoms with E-state index in [0.29, 0.717) is 23.1 Å². The molecule has 1 heterocycles. The van der Waals surface area contributed by atoms with E-state index in [1.54, 1.807) is 18.2 Å². The highest BCUT2D eigenvalue weighted by molar-refractivity contribution is 5.82. The smallest absolute Gasteiger partial charge is 0.329 e. The number of hydrogen-bond donors (Lipinski definition) is 2. The number of nitrogen functional groups attached to an aromatic ring is 1. The second-order valence-electron chi connectivity index (χ2n) is 5.25. The Labute approximate surface area is 116 Å². The number of aromatic nitrogens is 2. The summed E-state index contributed by atoms with van der Waals surface area (Å²) in [5.41, 5.74) is 7.25. The largest absolute Gasteiger partial charge is 0.467 e. The van der Waals surface area contributed by atoms with Crippen molar-refractivity contribution >= 4 is 22.7 Å². The van der Waals surface area contributed by atoms with Crippen molar-refractivity contribution in [3.05, 3.63) is 28.7 Å². The van der Waals surface area contributed by atoms with Gasteiger partial charge in [-0.15, -0.1) is 0 Å². The van der Waals surface area contributed by atoms with Gasteiger partial charge >= 0.3 is 11.7 Å². The van der Waals surface area contributed by atoms with Crippen LogP contribution in [0.15, 0.2) is 23.0 Å². The van der Waals surface area contributed by atoms with Crippen molar-refractivity contribution in [2.75, 3.05) is 12.8 Å². The maximum Gasteiger partial charge on any atom is 0.329 e. The molecule has 0 saturated heterocycles. The number of esters is 1. The standard InChI is InChI=1S/C14H19N3O3/c1-8(2)6-12(13(18)20-3)17-11-7-9(15)4-5-10(11)16-14(17)19/h4-5,7-8,12H,6,15H2,1-3H3,(H,16,19). The van der Waals surface area contributed by atoms with Crippen LogP contribution in [-0.2, 0) is 9.53 Å². The van der Waals surface area contributed by atoms with Crippen LogP contribution in [0.1, 0.15) is 26.3 Å². The predicted octanol–water partition coefficient (Wildman–Crippen LogP) is 1.67. The molecule has 1 atom stereocenters. The van der Waals surface area contributed by atoms with Gasteiger partial charge in [0.25, 0.3) is 0 Å². The first-order valence-corrected chi connectivity index (χ1v) is 6.51. The highest BCUT2D eigenvalue weighted by Gasteiger charge is 2.26. The first-order valence-electron chi connectivity index (χ1n) is 6.51. The molecule has 0 bridgehead atoms. The number of fused-ring (bicyclic) bond motifs is 1. The number of ether oxygens (including phenoxy) is 1. The molecule has 2 aromatic rings. The molecule has 0 aliphatic rings. The highest BCUT2D eigenvalue weighted by atomic mass is 16.5. The molecule has 0 aliphatic carbocycles. The van der Waals surface area contributed by atoms with E-state index >= 15 is 0 Å². The van der Waals surface area contributed by atoms with Gasteiger partial charge in [0.1, 0.15) is 6.04 Å². The summed E-state index contributed by atoms with van der Waals surface area (Å²) in [6.07, 6.45) is 0.522. The second kappa shape index (κ2) is 5.40. The van der Waals surface area contributed by atoms with E-state index in [1.807, 2.05) is 13.8 Å².